The quantitative estimate of drug-likeness (QED) is 0.633. The molecule has 1 aromatic rings. The van der Waals surface area contributed by atoms with E-state index in [0.29, 0.717) is 12.8 Å². The molecule has 0 N–H and O–H groups in total. The van der Waals surface area contributed by atoms with Crippen LogP contribution < -0.4 is 0 Å². The van der Waals surface area contributed by atoms with Gasteiger partial charge in [-0.2, -0.15) is 0 Å². The van der Waals surface area contributed by atoms with Crippen molar-refractivity contribution in [3.8, 4) is 0 Å². The molecule has 0 fully saturated rings. The zero-order valence-corrected chi connectivity index (χ0v) is 10.5. The number of benzene rings is 1. The van der Waals surface area contributed by atoms with Gasteiger partial charge in [0.25, 0.3) is 0 Å². The number of alkyl halides is 1. The molecule has 0 aromatic heterocycles. The number of allylic oxidation sites excluding steroid dienone is 1. The molecule has 0 nitrogen and oxygen atoms in total. The fourth-order valence-corrected chi connectivity index (χ4v) is 2.29. The smallest absolute Gasteiger partial charge is 0.112 e. The highest BCUT2D eigenvalue weighted by atomic mass is 19.1. The fraction of sp³-hybridized carbons (Fsp3) is 0.467. The summed E-state index contributed by atoms with van der Waals surface area (Å²) < 4.78 is 14.2. The molecule has 0 radical (unpaired) electrons. The van der Waals surface area contributed by atoms with E-state index in [1.165, 1.54) is 5.56 Å². The minimum atomic E-state index is -1.18. The Morgan fingerprint density at radius 1 is 1.19 bits per heavy atom. The second-order valence-electron chi connectivity index (χ2n) is 5.33. The van der Waals surface area contributed by atoms with E-state index >= 15 is 0 Å². The first-order valence-corrected chi connectivity index (χ1v) is 5.73. The fourth-order valence-electron chi connectivity index (χ4n) is 2.29. The van der Waals surface area contributed by atoms with Gasteiger partial charge < -0.3 is 0 Å². The van der Waals surface area contributed by atoms with Gasteiger partial charge in [-0.25, -0.2) is 4.39 Å². The van der Waals surface area contributed by atoms with Crippen LogP contribution in [0.15, 0.2) is 43.0 Å². The van der Waals surface area contributed by atoms with Crippen LogP contribution in [0.4, 0.5) is 4.39 Å². The third kappa shape index (κ3) is 3.48. The molecule has 0 saturated heterocycles. The molecule has 0 aliphatic heterocycles. The lowest BCUT2D eigenvalue weighted by molar-refractivity contribution is 0.144. The summed E-state index contributed by atoms with van der Waals surface area (Å²) in [4.78, 5) is 0. The lowest BCUT2D eigenvalue weighted by Gasteiger charge is -2.32. The summed E-state index contributed by atoms with van der Waals surface area (Å²) in [6.45, 7) is 9.43. The number of rotatable bonds is 5. The summed E-state index contributed by atoms with van der Waals surface area (Å²) in [6.07, 6.45) is 2.57. The normalized spacial score (nSPS) is 15.5. The van der Waals surface area contributed by atoms with Crippen molar-refractivity contribution in [1.29, 1.82) is 0 Å². The third-order valence-electron chi connectivity index (χ3n) is 2.94. The van der Waals surface area contributed by atoms with Crippen molar-refractivity contribution >= 4 is 0 Å². The molecule has 0 saturated carbocycles. The van der Waals surface area contributed by atoms with Gasteiger partial charge in [-0.3, -0.25) is 0 Å². The monoisotopic (exact) mass is 220 g/mol. The molecule has 0 bridgehead atoms. The third-order valence-corrected chi connectivity index (χ3v) is 2.94. The predicted octanol–water partition coefficient (Wildman–Crippen LogP) is 4.66. The Balaban J connectivity index is 2.83. The van der Waals surface area contributed by atoms with Gasteiger partial charge in [0.15, 0.2) is 0 Å². The maximum atomic E-state index is 14.2. The molecular formula is C15H21F. The molecule has 1 aromatic carbocycles. The number of hydrogen-bond donors (Lipinski definition) is 0. The Morgan fingerprint density at radius 3 is 2.25 bits per heavy atom. The zero-order chi connectivity index (χ0) is 12.2. The van der Waals surface area contributed by atoms with Gasteiger partial charge in [0.05, 0.1) is 0 Å². The molecular weight excluding hydrogens is 199 g/mol. The van der Waals surface area contributed by atoms with Crippen LogP contribution in [0.25, 0.3) is 0 Å². The van der Waals surface area contributed by atoms with Crippen molar-refractivity contribution in [2.45, 2.75) is 44.7 Å². The van der Waals surface area contributed by atoms with Gasteiger partial charge in [-0.1, -0.05) is 50.3 Å². The molecule has 16 heavy (non-hydrogen) atoms. The van der Waals surface area contributed by atoms with Crippen LogP contribution in [-0.2, 0) is 5.41 Å². The minimum absolute atomic E-state index is 0.145. The average Bonchev–Trinajstić information content (AvgIpc) is 2.17. The van der Waals surface area contributed by atoms with Crippen LogP contribution >= 0.6 is 0 Å². The van der Waals surface area contributed by atoms with Gasteiger partial charge in [0, 0.05) is 0 Å². The Hall–Kier alpha value is -1.11. The Morgan fingerprint density at radius 2 is 1.75 bits per heavy atom. The first kappa shape index (κ1) is 13.0. The van der Waals surface area contributed by atoms with Gasteiger partial charge in [-0.15, -0.1) is 6.58 Å². The molecule has 1 unspecified atom stereocenters. The average molecular weight is 220 g/mol. The Bertz CT molecular complexity index is 336. The molecule has 0 heterocycles. The lowest BCUT2D eigenvalue weighted by Crippen LogP contribution is -2.30. The molecule has 1 rings (SSSR count). The van der Waals surface area contributed by atoms with Gasteiger partial charge >= 0.3 is 0 Å². The highest BCUT2D eigenvalue weighted by Crippen LogP contribution is 2.35. The standard InChI is InChI=1S/C15H21F/c1-5-11-15(4,16)12-14(2,3)13-9-7-6-8-10-13/h5-10H,1,11-12H2,2-4H3. The maximum absolute atomic E-state index is 14.2. The van der Waals surface area contributed by atoms with Crippen LogP contribution in [0, 0.1) is 0 Å². The molecule has 0 aliphatic rings. The summed E-state index contributed by atoms with van der Waals surface area (Å²) in [7, 11) is 0. The van der Waals surface area contributed by atoms with E-state index in [0.717, 1.165) is 0 Å². The van der Waals surface area contributed by atoms with Crippen molar-refractivity contribution in [2.75, 3.05) is 0 Å². The topological polar surface area (TPSA) is 0 Å². The van der Waals surface area contributed by atoms with E-state index in [4.69, 9.17) is 0 Å². The first-order chi connectivity index (χ1) is 7.37. The van der Waals surface area contributed by atoms with E-state index in [1.54, 1.807) is 13.0 Å². The summed E-state index contributed by atoms with van der Waals surface area (Å²) in [5.41, 5.74) is -0.141. The first-order valence-electron chi connectivity index (χ1n) is 5.73. The van der Waals surface area contributed by atoms with Crippen LogP contribution in [0.3, 0.4) is 0 Å². The van der Waals surface area contributed by atoms with Crippen LogP contribution in [0.1, 0.15) is 39.2 Å². The summed E-state index contributed by atoms with van der Waals surface area (Å²) in [5.74, 6) is 0. The number of halogens is 1. The highest BCUT2D eigenvalue weighted by Gasteiger charge is 2.32. The SMILES string of the molecule is C=CCC(C)(F)CC(C)(C)c1ccccc1. The molecule has 0 aliphatic carbocycles. The largest absolute Gasteiger partial charge is 0.244 e. The van der Waals surface area contributed by atoms with Crippen molar-refractivity contribution in [3.63, 3.8) is 0 Å². The van der Waals surface area contributed by atoms with E-state index in [9.17, 15) is 4.39 Å². The Labute approximate surface area is 98.2 Å². The minimum Gasteiger partial charge on any atom is -0.244 e. The summed E-state index contributed by atoms with van der Waals surface area (Å²) in [6, 6.07) is 10.1. The summed E-state index contributed by atoms with van der Waals surface area (Å²) >= 11 is 0. The second kappa shape index (κ2) is 4.82. The van der Waals surface area contributed by atoms with Crippen molar-refractivity contribution in [3.05, 3.63) is 48.6 Å². The van der Waals surface area contributed by atoms with E-state index in [2.05, 4.69) is 32.6 Å². The zero-order valence-electron chi connectivity index (χ0n) is 10.5. The predicted molar refractivity (Wildman–Crippen MR) is 68.4 cm³/mol. The highest BCUT2D eigenvalue weighted by molar-refractivity contribution is 5.24. The van der Waals surface area contributed by atoms with Crippen LogP contribution in [-0.4, -0.2) is 5.67 Å². The Kier molecular flexibility index (Phi) is 3.90. The molecule has 1 heteroatoms. The number of hydrogen-bond acceptors (Lipinski definition) is 0. The molecule has 0 amide bonds. The molecule has 88 valence electrons. The summed E-state index contributed by atoms with van der Waals surface area (Å²) in [5, 5.41) is 0. The van der Waals surface area contributed by atoms with E-state index in [-0.39, 0.29) is 5.41 Å². The van der Waals surface area contributed by atoms with Crippen molar-refractivity contribution < 1.29 is 4.39 Å². The van der Waals surface area contributed by atoms with Gasteiger partial charge in [0.1, 0.15) is 5.67 Å². The van der Waals surface area contributed by atoms with Crippen molar-refractivity contribution in [1.82, 2.24) is 0 Å². The molecule has 1 atom stereocenters. The second-order valence-corrected chi connectivity index (χ2v) is 5.33. The van der Waals surface area contributed by atoms with Crippen LogP contribution in [0.2, 0.25) is 0 Å². The van der Waals surface area contributed by atoms with Gasteiger partial charge in [-0.05, 0) is 30.7 Å². The lowest BCUT2D eigenvalue weighted by atomic mass is 9.75. The van der Waals surface area contributed by atoms with Crippen LogP contribution in [0.5, 0.6) is 0 Å². The maximum Gasteiger partial charge on any atom is 0.112 e. The van der Waals surface area contributed by atoms with E-state index in [1.807, 2.05) is 18.2 Å². The van der Waals surface area contributed by atoms with Gasteiger partial charge in [0.2, 0.25) is 0 Å². The molecule has 0 spiro atoms. The van der Waals surface area contributed by atoms with Crippen molar-refractivity contribution in [2.24, 2.45) is 0 Å². The van der Waals surface area contributed by atoms with E-state index < -0.39 is 5.67 Å².